The molecule has 1 aromatic heterocycles. The second-order valence-electron chi connectivity index (χ2n) is 4.89. The van der Waals surface area contributed by atoms with E-state index in [9.17, 15) is 4.79 Å². The van der Waals surface area contributed by atoms with E-state index in [2.05, 4.69) is 15.5 Å². The van der Waals surface area contributed by atoms with Crippen molar-refractivity contribution in [3.8, 4) is 11.5 Å². The van der Waals surface area contributed by atoms with Crippen molar-refractivity contribution in [3.05, 3.63) is 41.5 Å². The van der Waals surface area contributed by atoms with E-state index in [1.54, 1.807) is 6.08 Å². The standard InChI is InChI=1S/C15H16N4O3/c1-10-17-18-14(19(10)2)8-16-15(20)6-4-11-3-5-12-13(7-11)22-9-21-12/h3-7H,8-9H2,1-2H3,(H,16,20). The highest BCUT2D eigenvalue weighted by Crippen LogP contribution is 2.32. The maximum Gasteiger partial charge on any atom is 0.244 e. The van der Waals surface area contributed by atoms with Gasteiger partial charge in [0.25, 0.3) is 0 Å². The molecule has 0 radical (unpaired) electrons. The van der Waals surface area contributed by atoms with Gasteiger partial charge in [0.1, 0.15) is 5.82 Å². The monoisotopic (exact) mass is 300 g/mol. The van der Waals surface area contributed by atoms with Crippen molar-refractivity contribution in [2.24, 2.45) is 7.05 Å². The maximum absolute atomic E-state index is 11.8. The third kappa shape index (κ3) is 2.93. The van der Waals surface area contributed by atoms with Crippen LogP contribution in [-0.4, -0.2) is 27.5 Å². The van der Waals surface area contributed by atoms with Gasteiger partial charge in [-0.2, -0.15) is 0 Å². The van der Waals surface area contributed by atoms with Crippen molar-refractivity contribution in [2.45, 2.75) is 13.5 Å². The number of nitrogens with zero attached hydrogens (tertiary/aromatic N) is 3. The summed E-state index contributed by atoms with van der Waals surface area (Å²) in [5.74, 6) is 2.73. The molecule has 7 nitrogen and oxygen atoms in total. The molecule has 0 spiro atoms. The van der Waals surface area contributed by atoms with Crippen LogP contribution in [0.2, 0.25) is 0 Å². The Balaban J connectivity index is 1.58. The molecule has 0 unspecified atom stereocenters. The average molecular weight is 300 g/mol. The Kier molecular flexibility index (Phi) is 3.78. The fourth-order valence-electron chi connectivity index (χ4n) is 2.02. The Hall–Kier alpha value is -2.83. The number of amides is 1. The van der Waals surface area contributed by atoms with Crippen LogP contribution in [0.15, 0.2) is 24.3 Å². The largest absolute Gasteiger partial charge is 0.454 e. The van der Waals surface area contributed by atoms with Crippen molar-refractivity contribution < 1.29 is 14.3 Å². The molecular weight excluding hydrogens is 284 g/mol. The summed E-state index contributed by atoms with van der Waals surface area (Å²) in [6, 6.07) is 5.52. The summed E-state index contributed by atoms with van der Waals surface area (Å²) in [5, 5.41) is 10.7. The third-order valence-electron chi connectivity index (χ3n) is 3.43. The van der Waals surface area contributed by atoms with Crippen LogP contribution < -0.4 is 14.8 Å². The van der Waals surface area contributed by atoms with Gasteiger partial charge in [0.05, 0.1) is 6.54 Å². The second kappa shape index (κ2) is 5.88. The highest BCUT2D eigenvalue weighted by Gasteiger charge is 2.12. The third-order valence-corrected chi connectivity index (χ3v) is 3.43. The molecule has 3 rings (SSSR count). The first-order chi connectivity index (χ1) is 10.6. The van der Waals surface area contributed by atoms with Crippen molar-refractivity contribution in [3.63, 3.8) is 0 Å². The number of fused-ring (bicyclic) bond motifs is 1. The highest BCUT2D eigenvalue weighted by atomic mass is 16.7. The van der Waals surface area contributed by atoms with Gasteiger partial charge in [-0.05, 0) is 30.7 Å². The lowest BCUT2D eigenvalue weighted by molar-refractivity contribution is -0.116. The number of rotatable bonds is 4. The van der Waals surface area contributed by atoms with Crippen LogP contribution in [0.1, 0.15) is 17.2 Å². The first-order valence-corrected chi connectivity index (χ1v) is 6.84. The summed E-state index contributed by atoms with van der Waals surface area (Å²) in [6.45, 7) is 2.43. The smallest absolute Gasteiger partial charge is 0.244 e. The molecule has 1 amide bonds. The molecule has 1 aliphatic rings. The minimum Gasteiger partial charge on any atom is -0.454 e. The molecular formula is C15H16N4O3. The van der Waals surface area contributed by atoms with E-state index in [0.29, 0.717) is 18.1 Å². The molecule has 7 heteroatoms. The van der Waals surface area contributed by atoms with Crippen LogP contribution in [0.3, 0.4) is 0 Å². The van der Waals surface area contributed by atoms with Gasteiger partial charge >= 0.3 is 0 Å². The van der Waals surface area contributed by atoms with Crippen LogP contribution in [0.5, 0.6) is 11.5 Å². The van der Waals surface area contributed by atoms with Crippen LogP contribution >= 0.6 is 0 Å². The molecule has 114 valence electrons. The summed E-state index contributed by atoms with van der Waals surface area (Å²) < 4.78 is 12.4. The summed E-state index contributed by atoms with van der Waals surface area (Å²) >= 11 is 0. The Morgan fingerprint density at radius 3 is 2.95 bits per heavy atom. The number of ether oxygens (including phenoxy) is 2. The van der Waals surface area contributed by atoms with Crippen LogP contribution in [0.25, 0.3) is 6.08 Å². The molecule has 0 saturated heterocycles. The summed E-state index contributed by atoms with van der Waals surface area (Å²) in [7, 11) is 1.86. The van der Waals surface area contributed by atoms with E-state index in [-0.39, 0.29) is 12.7 Å². The lowest BCUT2D eigenvalue weighted by atomic mass is 10.2. The van der Waals surface area contributed by atoms with Gasteiger partial charge in [-0.15, -0.1) is 10.2 Å². The van der Waals surface area contributed by atoms with Crippen molar-refractivity contribution >= 4 is 12.0 Å². The van der Waals surface area contributed by atoms with E-state index >= 15 is 0 Å². The van der Waals surface area contributed by atoms with Crippen LogP contribution in [0, 0.1) is 6.92 Å². The average Bonchev–Trinajstić information content (AvgIpc) is 3.11. The van der Waals surface area contributed by atoms with Crippen molar-refractivity contribution in [1.29, 1.82) is 0 Å². The molecule has 2 heterocycles. The molecule has 22 heavy (non-hydrogen) atoms. The van der Waals surface area contributed by atoms with Gasteiger partial charge in [0.2, 0.25) is 12.7 Å². The molecule has 0 bridgehead atoms. The van der Waals surface area contributed by atoms with E-state index < -0.39 is 0 Å². The van der Waals surface area contributed by atoms with Crippen molar-refractivity contribution in [2.75, 3.05) is 6.79 Å². The van der Waals surface area contributed by atoms with Gasteiger partial charge in [-0.3, -0.25) is 4.79 Å². The number of hydrogen-bond acceptors (Lipinski definition) is 5. The van der Waals surface area contributed by atoms with E-state index in [1.165, 1.54) is 6.08 Å². The Labute approximate surface area is 127 Å². The van der Waals surface area contributed by atoms with Gasteiger partial charge in [0, 0.05) is 13.1 Å². The molecule has 0 atom stereocenters. The van der Waals surface area contributed by atoms with Crippen molar-refractivity contribution in [1.82, 2.24) is 20.1 Å². The molecule has 0 saturated carbocycles. The molecule has 0 fully saturated rings. The van der Waals surface area contributed by atoms with Gasteiger partial charge < -0.3 is 19.4 Å². The predicted molar refractivity (Wildman–Crippen MR) is 79.2 cm³/mol. The minimum atomic E-state index is -0.196. The molecule has 1 aromatic carbocycles. The Morgan fingerprint density at radius 2 is 2.18 bits per heavy atom. The lowest BCUT2D eigenvalue weighted by Gasteiger charge is -2.02. The van der Waals surface area contributed by atoms with Gasteiger partial charge in [-0.1, -0.05) is 6.07 Å². The predicted octanol–water partition coefficient (Wildman–Crippen LogP) is 1.18. The number of hydrogen-bond donors (Lipinski definition) is 1. The summed E-state index contributed by atoms with van der Waals surface area (Å²) in [5.41, 5.74) is 0.869. The first kappa shape index (κ1) is 14.1. The molecule has 1 aliphatic heterocycles. The second-order valence-corrected chi connectivity index (χ2v) is 4.89. The number of benzene rings is 1. The minimum absolute atomic E-state index is 0.196. The van der Waals surface area contributed by atoms with Crippen LogP contribution in [-0.2, 0) is 18.4 Å². The molecule has 0 aliphatic carbocycles. The Bertz CT molecular complexity index is 736. The normalized spacial score (nSPS) is 12.8. The van der Waals surface area contributed by atoms with Gasteiger partial charge in [-0.25, -0.2) is 0 Å². The zero-order valence-electron chi connectivity index (χ0n) is 12.4. The number of nitrogens with one attached hydrogen (secondary N) is 1. The van der Waals surface area contributed by atoms with E-state index in [4.69, 9.17) is 9.47 Å². The van der Waals surface area contributed by atoms with Gasteiger partial charge in [0.15, 0.2) is 17.3 Å². The lowest BCUT2D eigenvalue weighted by Crippen LogP contribution is -2.22. The number of carbonyl (C=O) groups is 1. The molecule has 2 aromatic rings. The topological polar surface area (TPSA) is 78.3 Å². The fraction of sp³-hybridized carbons (Fsp3) is 0.267. The highest BCUT2D eigenvalue weighted by molar-refractivity contribution is 5.91. The maximum atomic E-state index is 11.8. The Morgan fingerprint density at radius 1 is 1.36 bits per heavy atom. The molecule has 1 N–H and O–H groups in total. The number of aryl methyl sites for hydroxylation is 1. The van der Waals surface area contributed by atoms with Crippen LogP contribution in [0.4, 0.5) is 0 Å². The summed E-state index contributed by atoms with van der Waals surface area (Å²) in [6.07, 6.45) is 3.19. The quantitative estimate of drug-likeness (QED) is 0.858. The van der Waals surface area contributed by atoms with E-state index in [1.807, 2.05) is 36.7 Å². The number of carbonyl (C=O) groups excluding carboxylic acids is 1. The zero-order chi connectivity index (χ0) is 15.5. The summed E-state index contributed by atoms with van der Waals surface area (Å²) in [4.78, 5) is 11.8. The SMILES string of the molecule is Cc1nnc(CNC(=O)C=Cc2ccc3c(c2)OCO3)n1C. The number of aromatic nitrogens is 3. The zero-order valence-corrected chi connectivity index (χ0v) is 12.4. The first-order valence-electron chi connectivity index (χ1n) is 6.84. The van der Waals surface area contributed by atoms with E-state index in [0.717, 1.165) is 17.1 Å². The fourth-order valence-corrected chi connectivity index (χ4v) is 2.02.